The molecule has 1 aliphatic heterocycles. The zero-order chi connectivity index (χ0) is 29.2. The minimum absolute atomic E-state index is 0.126. The fraction of sp³-hybridized carbons (Fsp3) is 0.303. The van der Waals surface area contributed by atoms with Crippen molar-refractivity contribution in [2.24, 2.45) is 0 Å². The van der Waals surface area contributed by atoms with Gasteiger partial charge in [0.1, 0.15) is 0 Å². The van der Waals surface area contributed by atoms with Gasteiger partial charge in [-0.3, -0.25) is 14.4 Å². The maximum Gasteiger partial charge on any atom is 0.258 e. The highest BCUT2D eigenvalue weighted by molar-refractivity contribution is 6.37. The van der Waals surface area contributed by atoms with Crippen molar-refractivity contribution < 1.29 is 14.4 Å². The number of benzene rings is 3. The molecule has 214 valence electrons. The molecule has 4 rings (SSSR count). The average Bonchev–Trinajstić information content (AvgIpc) is 3.33. The molecule has 1 heterocycles. The Hall–Kier alpha value is -4.43. The zero-order valence-corrected chi connectivity index (χ0v) is 24.0. The molecule has 8 nitrogen and oxygen atoms in total. The lowest BCUT2D eigenvalue weighted by molar-refractivity contribution is -0.110. The Morgan fingerprint density at radius 1 is 0.780 bits per heavy atom. The molecule has 0 fully saturated rings. The summed E-state index contributed by atoms with van der Waals surface area (Å²) in [7, 11) is 0. The van der Waals surface area contributed by atoms with Crippen molar-refractivity contribution in [3.05, 3.63) is 95.1 Å². The molecule has 41 heavy (non-hydrogen) atoms. The molecule has 0 aromatic heterocycles. The normalized spacial score (nSPS) is 13.4. The highest BCUT2D eigenvalue weighted by atomic mass is 16.2. The Balaban J connectivity index is 1.61. The van der Waals surface area contributed by atoms with E-state index in [4.69, 9.17) is 0 Å². The summed E-state index contributed by atoms with van der Waals surface area (Å²) >= 11 is 0. The highest BCUT2D eigenvalue weighted by Crippen LogP contribution is 2.38. The number of carbonyl (C=O) groups is 3. The van der Waals surface area contributed by atoms with E-state index in [0.29, 0.717) is 46.7 Å². The minimum Gasteiger partial charge on any atom is -0.354 e. The number of likely N-dealkylation sites (N-methyl/N-ethyl adjacent to an activating group) is 1. The third kappa shape index (κ3) is 7.41. The van der Waals surface area contributed by atoms with Crippen LogP contribution < -0.4 is 21.3 Å². The van der Waals surface area contributed by atoms with Crippen molar-refractivity contribution in [1.82, 2.24) is 15.5 Å². The largest absolute Gasteiger partial charge is 0.354 e. The number of hydrogen-bond acceptors (Lipinski definition) is 5. The van der Waals surface area contributed by atoms with E-state index in [1.54, 1.807) is 30.3 Å². The molecular weight excluding hydrogens is 514 g/mol. The fourth-order valence-corrected chi connectivity index (χ4v) is 4.74. The van der Waals surface area contributed by atoms with Crippen LogP contribution in [0.3, 0.4) is 0 Å². The van der Waals surface area contributed by atoms with E-state index in [1.165, 1.54) is 0 Å². The Bertz CT molecular complexity index is 1400. The lowest BCUT2D eigenvalue weighted by atomic mass is 9.98. The minimum atomic E-state index is -0.251. The summed E-state index contributed by atoms with van der Waals surface area (Å²) in [6.07, 6.45) is 1.89. The van der Waals surface area contributed by atoms with Crippen LogP contribution in [-0.4, -0.2) is 55.3 Å². The summed E-state index contributed by atoms with van der Waals surface area (Å²) in [6.45, 7) is 10.2. The molecule has 3 aromatic rings. The van der Waals surface area contributed by atoms with Crippen LogP contribution in [0.2, 0.25) is 0 Å². The van der Waals surface area contributed by atoms with Gasteiger partial charge in [0.2, 0.25) is 0 Å². The van der Waals surface area contributed by atoms with Gasteiger partial charge in [-0.25, -0.2) is 0 Å². The second-order valence-corrected chi connectivity index (χ2v) is 9.93. The SMILES string of the molecule is CCCCNC(=O)c1ccc2c(c1)C(=C(Nc1ccc(C(=O)NCCN(CC)CC)cc1)c1ccccc1)C(=O)N2. The first-order chi connectivity index (χ1) is 19.9. The van der Waals surface area contributed by atoms with Crippen molar-refractivity contribution in [2.45, 2.75) is 33.6 Å². The van der Waals surface area contributed by atoms with Crippen molar-refractivity contribution in [1.29, 1.82) is 0 Å². The van der Waals surface area contributed by atoms with Gasteiger partial charge >= 0.3 is 0 Å². The monoisotopic (exact) mass is 553 g/mol. The summed E-state index contributed by atoms with van der Waals surface area (Å²) in [5.74, 6) is -0.543. The number of nitrogens with zero attached hydrogens (tertiary/aromatic N) is 1. The first-order valence-corrected chi connectivity index (χ1v) is 14.4. The summed E-state index contributed by atoms with van der Waals surface area (Å²) < 4.78 is 0. The van der Waals surface area contributed by atoms with Gasteiger partial charge in [-0.2, -0.15) is 0 Å². The first-order valence-electron chi connectivity index (χ1n) is 14.4. The summed E-state index contributed by atoms with van der Waals surface area (Å²) in [5, 5.41) is 12.3. The van der Waals surface area contributed by atoms with Gasteiger partial charge in [0.05, 0.1) is 11.3 Å². The number of unbranched alkanes of at least 4 members (excludes halogenated alkanes) is 1. The zero-order valence-electron chi connectivity index (χ0n) is 24.0. The lowest BCUT2D eigenvalue weighted by Crippen LogP contribution is -2.34. The molecule has 4 N–H and O–H groups in total. The average molecular weight is 554 g/mol. The van der Waals surface area contributed by atoms with Crippen LogP contribution in [0, 0.1) is 0 Å². The smallest absolute Gasteiger partial charge is 0.258 e. The van der Waals surface area contributed by atoms with E-state index in [0.717, 1.165) is 43.7 Å². The summed E-state index contributed by atoms with van der Waals surface area (Å²) in [4.78, 5) is 41.0. The Kier molecular flexibility index (Phi) is 10.3. The maximum atomic E-state index is 13.3. The molecule has 3 aromatic carbocycles. The standard InChI is InChI=1S/C33H39N5O3/c1-4-7-19-34-32(40)25-15-18-28-27(22-25)29(33(41)37-28)30(23-11-9-8-10-12-23)36-26-16-13-24(14-17-26)31(39)35-20-21-38(5-2)6-3/h8-18,22,36H,4-7,19-21H2,1-3H3,(H,34,40)(H,35,39)(H,37,41). The fourth-order valence-electron chi connectivity index (χ4n) is 4.74. The van der Waals surface area contributed by atoms with Gasteiger partial charge in [0.25, 0.3) is 17.7 Å². The molecule has 0 spiro atoms. The second-order valence-electron chi connectivity index (χ2n) is 9.93. The predicted octanol–water partition coefficient (Wildman–Crippen LogP) is 5.22. The summed E-state index contributed by atoms with van der Waals surface area (Å²) in [6, 6.07) is 22.1. The van der Waals surface area contributed by atoms with Crippen molar-refractivity contribution in [2.75, 3.05) is 43.4 Å². The van der Waals surface area contributed by atoms with E-state index in [1.807, 2.05) is 42.5 Å². The molecule has 3 amide bonds. The van der Waals surface area contributed by atoms with Crippen LogP contribution in [0.15, 0.2) is 72.8 Å². The third-order valence-electron chi connectivity index (χ3n) is 7.18. The van der Waals surface area contributed by atoms with E-state index in [2.05, 4.69) is 46.9 Å². The number of fused-ring (bicyclic) bond motifs is 1. The van der Waals surface area contributed by atoms with Gasteiger partial charge < -0.3 is 26.2 Å². The quantitative estimate of drug-likeness (QED) is 0.172. The van der Waals surface area contributed by atoms with Crippen LogP contribution in [0.5, 0.6) is 0 Å². The molecule has 0 aliphatic carbocycles. The molecule has 0 bridgehead atoms. The molecule has 0 radical (unpaired) electrons. The molecule has 0 atom stereocenters. The van der Waals surface area contributed by atoms with Crippen molar-refractivity contribution in [3.63, 3.8) is 0 Å². The van der Waals surface area contributed by atoms with Crippen LogP contribution in [0.25, 0.3) is 11.3 Å². The van der Waals surface area contributed by atoms with E-state index in [-0.39, 0.29) is 17.7 Å². The van der Waals surface area contributed by atoms with Gasteiger partial charge in [0, 0.05) is 47.7 Å². The number of amides is 3. The first kappa shape index (κ1) is 29.6. The maximum absolute atomic E-state index is 13.3. The van der Waals surface area contributed by atoms with Gasteiger partial charge in [0.15, 0.2) is 0 Å². The molecule has 0 unspecified atom stereocenters. The predicted molar refractivity (Wildman–Crippen MR) is 166 cm³/mol. The molecule has 8 heteroatoms. The third-order valence-corrected chi connectivity index (χ3v) is 7.18. The molecular formula is C33H39N5O3. The number of carbonyl (C=O) groups excluding carboxylic acids is 3. The molecule has 1 aliphatic rings. The van der Waals surface area contributed by atoms with Crippen molar-refractivity contribution in [3.8, 4) is 0 Å². The van der Waals surface area contributed by atoms with E-state index in [9.17, 15) is 14.4 Å². The number of anilines is 2. The Morgan fingerprint density at radius 2 is 1.44 bits per heavy atom. The second kappa shape index (κ2) is 14.3. The molecule has 0 saturated heterocycles. The van der Waals surface area contributed by atoms with Gasteiger partial charge in [-0.05, 0) is 67.5 Å². The van der Waals surface area contributed by atoms with Crippen LogP contribution >= 0.6 is 0 Å². The van der Waals surface area contributed by atoms with Gasteiger partial charge in [-0.15, -0.1) is 0 Å². The Morgan fingerprint density at radius 3 is 2.12 bits per heavy atom. The highest BCUT2D eigenvalue weighted by Gasteiger charge is 2.29. The topological polar surface area (TPSA) is 103 Å². The number of nitrogens with one attached hydrogen (secondary N) is 4. The van der Waals surface area contributed by atoms with Crippen molar-refractivity contribution >= 4 is 40.4 Å². The van der Waals surface area contributed by atoms with E-state index >= 15 is 0 Å². The summed E-state index contributed by atoms with van der Waals surface area (Å²) in [5.41, 5.74) is 4.99. The lowest BCUT2D eigenvalue weighted by Gasteiger charge is -2.18. The number of hydrogen-bond donors (Lipinski definition) is 4. The Labute approximate surface area is 242 Å². The molecule has 0 saturated carbocycles. The van der Waals surface area contributed by atoms with Crippen LogP contribution in [0.1, 0.15) is 65.5 Å². The van der Waals surface area contributed by atoms with E-state index < -0.39 is 0 Å². The van der Waals surface area contributed by atoms with Gasteiger partial charge in [-0.1, -0.05) is 57.5 Å². The van der Waals surface area contributed by atoms with Crippen LogP contribution in [-0.2, 0) is 4.79 Å². The van der Waals surface area contributed by atoms with Crippen LogP contribution in [0.4, 0.5) is 11.4 Å². The number of rotatable bonds is 13.